The van der Waals surface area contributed by atoms with Crippen LogP contribution < -0.4 is 4.72 Å². The van der Waals surface area contributed by atoms with Crippen LogP contribution in [0.15, 0.2) is 64.1 Å². The maximum absolute atomic E-state index is 12.5. The molecule has 0 amide bonds. The minimum absolute atomic E-state index is 0.0370. The van der Waals surface area contributed by atoms with Crippen molar-refractivity contribution in [1.82, 2.24) is 5.16 Å². The van der Waals surface area contributed by atoms with Crippen LogP contribution in [0.2, 0.25) is 5.02 Å². The maximum Gasteiger partial charge on any atom is 0.265 e. The van der Waals surface area contributed by atoms with Crippen LogP contribution in [0.25, 0.3) is 11.1 Å². The van der Waals surface area contributed by atoms with Crippen LogP contribution in [0.1, 0.15) is 5.56 Å². The Hall–Kier alpha value is -2.82. The Morgan fingerprint density at radius 2 is 1.83 bits per heavy atom. The number of nitrogens with zero attached hydrogens (tertiary/aromatic N) is 2. The van der Waals surface area contributed by atoms with Crippen molar-refractivity contribution in [3.8, 4) is 17.2 Å². The van der Waals surface area contributed by atoms with E-state index >= 15 is 0 Å². The summed E-state index contributed by atoms with van der Waals surface area (Å²) in [5, 5.41) is 13.3. The molecule has 3 rings (SSSR count). The van der Waals surface area contributed by atoms with Crippen molar-refractivity contribution in [2.45, 2.75) is 4.90 Å². The predicted molar refractivity (Wildman–Crippen MR) is 88.9 cm³/mol. The van der Waals surface area contributed by atoms with E-state index in [0.29, 0.717) is 16.1 Å². The lowest BCUT2D eigenvalue weighted by Crippen LogP contribution is -2.14. The van der Waals surface area contributed by atoms with Crippen molar-refractivity contribution in [2.75, 3.05) is 4.72 Å². The van der Waals surface area contributed by atoms with E-state index in [9.17, 15) is 8.42 Å². The van der Waals surface area contributed by atoms with Crippen LogP contribution in [-0.4, -0.2) is 13.6 Å². The molecule has 0 bridgehead atoms. The Morgan fingerprint density at radius 1 is 1.12 bits per heavy atom. The molecule has 0 atom stereocenters. The van der Waals surface area contributed by atoms with Crippen molar-refractivity contribution in [2.24, 2.45) is 0 Å². The monoisotopic (exact) mass is 359 g/mol. The molecule has 0 aliphatic rings. The average molecular weight is 360 g/mol. The van der Waals surface area contributed by atoms with Crippen LogP contribution in [0.3, 0.4) is 0 Å². The molecule has 120 valence electrons. The zero-order chi connectivity index (χ0) is 17.2. The van der Waals surface area contributed by atoms with Gasteiger partial charge in [-0.1, -0.05) is 41.0 Å². The first-order valence-corrected chi connectivity index (χ1v) is 8.60. The Bertz CT molecular complexity index is 1020. The SMILES string of the molecule is N#Cc1ccccc1S(=O)(=O)Nc1oncc1-c1ccc(Cl)cc1. The Kier molecular flexibility index (Phi) is 4.25. The molecule has 1 aromatic heterocycles. The third-order valence-corrected chi connectivity index (χ3v) is 4.89. The van der Waals surface area contributed by atoms with Crippen LogP contribution in [0, 0.1) is 11.3 Å². The zero-order valence-electron chi connectivity index (χ0n) is 12.1. The van der Waals surface area contributed by atoms with E-state index in [2.05, 4.69) is 9.88 Å². The Morgan fingerprint density at radius 3 is 2.54 bits per heavy atom. The molecule has 0 saturated carbocycles. The van der Waals surface area contributed by atoms with Gasteiger partial charge in [-0.25, -0.2) is 13.1 Å². The lowest BCUT2D eigenvalue weighted by molar-refractivity contribution is 0.435. The minimum Gasteiger partial charge on any atom is -0.337 e. The lowest BCUT2D eigenvalue weighted by atomic mass is 10.1. The highest BCUT2D eigenvalue weighted by molar-refractivity contribution is 7.92. The van der Waals surface area contributed by atoms with E-state index in [0.717, 1.165) is 0 Å². The molecule has 1 N–H and O–H groups in total. The molecule has 3 aromatic rings. The number of hydrogen-bond donors (Lipinski definition) is 1. The van der Waals surface area contributed by atoms with Gasteiger partial charge in [-0.2, -0.15) is 5.26 Å². The number of halogens is 1. The summed E-state index contributed by atoms with van der Waals surface area (Å²) < 4.78 is 32.4. The second-order valence-electron chi connectivity index (χ2n) is 4.79. The Labute approximate surface area is 143 Å². The van der Waals surface area contributed by atoms with Crippen LogP contribution in [-0.2, 0) is 10.0 Å². The molecule has 8 heteroatoms. The van der Waals surface area contributed by atoms with Gasteiger partial charge in [-0.15, -0.1) is 0 Å². The second-order valence-corrected chi connectivity index (χ2v) is 6.88. The van der Waals surface area contributed by atoms with Gasteiger partial charge < -0.3 is 4.52 Å². The summed E-state index contributed by atoms with van der Waals surface area (Å²) in [5.74, 6) is -0.0370. The molecule has 1 heterocycles. The molecule has 24 heavy (non-hydrogen) atoms. The molecule has 0 saturated heterocycles. The van der Waals surface area contributed by atoms with E-state index in [1.807, 2.05) is 6.07 Å². The van der Waals surface area contributed by atoms with Gasteiger partial charge in [0, 0.05) is 5.02 Å². The number of rotatable bonds is 4. The van der Waals surface area contributed by atoms with E-state index in [4.69, 9.17) is 21.4 Å². The van der Waals surface area contributed by atoms with Crippen LogP contribution in [0.5, 0.6) is 0 Å². The van der Waals surface area contributed by atoms with Crippen molar-refractivity contribution in [1.29, 1.82) is 5.26 Å². The molecular weight excluding hydrogens is 350 g/mol. The minimum atomic E-state index is -4.00. The molecule has 0 spiro atoms. The third-order valence-electron chi connectivity index (χ3n) is 3.25. The van der Waals surface area contributed by atoms with Gasteiger partial charge in [0.2, 0.25) is 5.88 Å². The fourth-order valence-electron chi connectivity index (χ4n) is 2.12. The number of sulfonamides is 1. The van der Waals surface area contributed by atoms with Crippen molar-refractivity contribution >= 4 is 27.5 Å². The fourth-order valence-corrected chi connectivity index (χ4v) is 3.41. The first-order valence-electron chi connectivity index (χ1n) is 6.74. The topological polar surface area (TPSA) is 96.0 Å². The number of hydrogen-bond acceptors (Lipinski definition) is 5. The van der Waals surface area contributed by atoms with Crippen LogP contribution >= 0.6 is 11.6 Å². The Balaban J connectivity index is 1.99. The summed E-state index contributed by atoms with van der Waals surface area (Å²) >= 11 is 5.85. The zero-order valence-corrected chi connectivity index (χ0v) is 13.7. The number of nitriles is 1. The summed E-state index contributed by atoms with van der Waals surface area (Å²) in [6, 6.07) is 14.5. The maximum atomic E-state index is 12.5. The first-order chi connectivity index (χ1) is 11.5. The van der Waals surface area contributed by atoms with Gasteiger partial charge in [0.1, 0.15) is 11.0 Å². The first kappa shape index (κ1) is 16.1. The van der Waals surface area contributed by atoms with Crippen molar-refractivity contribution in [3.63, 3.8) is 0 Å². The summed E-state index contributed by atoms with van der Waals surface area (Å²) in [4.78, 5) is -0.133. The van der Waals surface area contributed by atoms with E-state index < -0.39 is 10.0 Å². The van der Waals surface area contributed by atoms with Gasteiger partial charge in [0.15, 0.2) is 0 Å². The van der Waals surface area contributed by atoms with Crippen molar-refractivity contribution < 1.29 is 12.9 Å². The largest absolute Gasteiger partial charge is 0.337 e. The van der Waals surface area contributed by atoms with Crippen molar-refractivity contribution in [3.05, 3.63) is 65.3 Å². The third kappa shape index (κ3) is 3.11. The molecule has 0 fully saturated rings. The van der Waals surface area contributed by atoms with Gasteiger partial charge in [0.05, 0.1) is 17.3 Å². The highest BCUT2D eigenvalue weighted by atomic mass is 35.5. The molecule has 0 aliphatic heterocycles. The fraction of sp³-hybridized carbons (Fsp3) is 0. The van der Waals surface area contributed by atoms with E-state index in [1.54, 1.807) is 30.3 Å². The average Bonchev–Trinajstić information content (AvgIpc) is 3.03. The number of aromatic nitrogens is 1. The normalized spacial score (nSPS) is 11.0. The second kappa shape index (κ2) is 6.35. The molecule has 0 unspecified atom stereocenters. The number of nitrogens with one attached hydrogen (secondary N) is 1. The quantitative estimate of drug-likeness (QED) is 0.766. The van der Waals surface area contributed by atoms with Gasteiger partial charge >= 0.3 is 0 Å². The standard InChI is InChI=1S/C16H10ClN3O3S/c17-13-7-5-11(6-8-13)14-10-19-23-16(14)20-24(21,22)15-4-2-1-3-12(15)9-18/h1-8,10,20H. The van der Waals surface area contributed by atoms with E-state index in [1.165, 1.54) is 24.4 Å². The molecular formula is C16H10ClN3O3S. The van der Waals surface area contributed by atoms with Gasteiger partial charge in [-0.3, -0.25) is 0 Å². The molecule has 6 nitrogen and oxygen atoms in total. The summed E-state index contributed by atoms with van der Waals surface area (Å²) in [5.41, 5.74) is 1.19. The summed E-state index contributed by atoms with van der Waals surface area (Å²) in [6.07, 6.45) is 1.40. The van der Waals surface area contributed by atoms with Gasteiger partial charge in [-0.05, 0) is 29.8 Å². The predicted octanol–water partition coefficient (Wildman–Crippen LogP) is 3.67. The van der Waals surface area contributed by atoms with Crippen LogP contribution in [0.4, 0.5) is 5.88 Å². The number of benzene rings is 2. The summed E-state index contributed by atoms with van der Waals surface area (Å²) in [6.45, 7) is 0. The lowest BCUT2D eigenvalue weighted by Gasteiger charge is -2.08. The highest BCUT2D eigenvalue weighted by Crippen LogP contribution is 2.30. The molecule has 2 aromatic carbocycles. The van der Waals surface area contributed by atoms with E-state index in [-0.39, 0.29) is 16.3 Å². The highest BCUT2D eigenvalue weighted by Gasteiger charge is 2.22. The summed E-state index contributed by atoms with van der Waals surface area (Å²) in [7, 11) is -4.00. The molecule has 0 radical (unpaired) electrons. The molecule has 0 aliphatic carbocycles. The van der Waals surface area contributed by atoms with Gasteiger partial charge in [0.25, 0.3) is 10.0 Å². The smallest absolute Gasteiger partial charge is 0.265 e. The number of anilines is 1.